The third-order valence-electron chi connectivity index (χ3n) is 2.24. The number of carbonyl (C=O) groups is 1. The van der Waals surface area contributed by atoms with Crippen molar-refractivity contribution >= 4 is 5.78 Å². The van der Waals surface area contributed by atoms with Crippen LogP contribution in [-0.4, -0.2) is 22.5 Å². The predicted molar refractivity (Wildman–Crippen MR) is 43.0 cm³/mol. The van der Waals surface area contributed by atoms with Crippen LogP contribution in [0.3, 0.4) is 0 Å². The van der Waals surface area contributed by atoms with Crippen LogP contribution < -0.4 is 0 Å². The first kappa shape index (κ1) is 7.43. The fourth-order valence-corrected chi connectivity index (χ4v) is 1.59. The Morgan fingerprint density at radius 2 is 2.50 bits per heavy atom. The number of fused-ring (bicyclic) bond motifs is 1. The van der Waals surface area contributed by atoms with Gasteiger partial charge in [-0.05, 0) is 11.6 Å². The predicted octanol–water partition coefficient (Wildman–Crippen LogP) is 0.744. The lowest BCUT2D eigenvalue weighted by molar-refractivity contribution is 0.0980. The van der Waals surface area contributed by atoms with E-state index in [1.807, 2.05) is 0 Å². The molecule has 2 rings (SSSR count). The fraction of sp³-hybridized carbons (Fsp3) is 0.333. The second-order valence-corrected chi connectivity index (χ2v) is 2.97. The monoisotopic (exact) mass is 163 g/mol. The molecule has 0 saturated carbocycles. The minimum absolute atomic E-state index is 0.0267. The summed E-state index contributed by atoms with van der Waals surface area (Å²) in [5.41, 5.74) is 1.62. The number of pyridine rings is 1. The number of nitrogens with zero attached hydrogens (tertiary/aromatic N) is 1. The van der Waals surface area contributed by atoms with Gasteiger partial charge in [0.25, 0.3) is 0 Å². The molecule has 0 bridgehead atoms. The van der Waals surface area contributed by atoms with Gasteiger partial charge in [-0.15, -0.1) is 0 Å². The Morgan fingerprint density at radius 3 is 3.25 bits per heavy atom. The molecule has 0 amide bonds. The van der Waals surface area contributed by atoms with Gasteiger partial charge in [-0.25, -0.2) is 0 Å². The van der Waals surface area contributed by atoms with E-state index in [1.165, 1.54) is 0 Å². The van der Waals surface area contributed by atoms with Crippen LogP contribution in [0.15, 0.2) is 18.5 Å². The standard InChI is InChI=1S/C9H9NO2/c11-5-6-3-9(12)7-1-2-10-4-8(6)7/h1-2,4,6,11H,3,5H2/t6-/m0/s1. The molecular formula is C9H9NO2. The Labute approximate surface area is 70.1 Å². The summed E-state index contributed by atoms with van der Waals surface area (Å²) in [5.74, 6) is 0.0904. The summed E-state index contributed by atoms with van der Waals surface area (Å²) in [6.45, 7) is 0.0322. The number of hydrogen-bond acceptors (Lipinski definition) is 3. The highest BCUT2D eigenvalue weighted by Gasteiger charge is 2.28. The summed E-state index contributed by atoms with van der Waals surface area (Å²) in [5, 5.41) is 8.95. The molecule has 1 aliphatic carbocycles. The highest BCUT2D eigenvalue weighted by molar-refractivity contribution is 6.01. The Bertz CT molecular complexity index is 322. The molecular weight excluding hydrogens is 154 g/mol. The molecule has 12 heavy (non-hydrogen) atoms. The molecule has 0 unspecified atom stereocenters. The van der Waals surface area contributed by atoms with Crippen molar-refractivity contribution in [1.82, 2.24) is 4.98 Å². The minimum atomic E-state index is -0.0267. The van der Waals surface area contributed by atoms with Gasteiger partial charge in [0.15, 0.2) is 5.78 Å². The van der Waals surface area contributed by atoms with Crippen molar-refractivity contribution in [2.75, 3.05) is 6.61 Å². The summed E-state index contributed by atoms with van der Waals surface area (Å²) < 4.78 is 0. The molecule has 1 heterocycles. The van der Waals surface area contributed by atoms with Gasteiger partial charge in [0.1, 0.15) is 0 Å². The van der Waals surface area contributed by atoms with Crippen LogP contribution in [0.2, 0.25) is 0 Å². The third kappa shape index (κ3) is 0.940. The molecule has 0 aliphatic heterocycles. The lowest BCUT2D eigenvalue weighted by Gasteiger charge is -2.03. The highest BCUT2D eigenvalue weighted by atomic mass is 16.3. The average Bonchev–Trinajstić information content (AvgIpc) is 2.44. The van der Waals surface area contributed by atoms with E-state index >= 15 is 0 Å². The van der Waals surface area contributed by atoms with E-state index in [0.717, 1.165) is 11.1 Å². The number of Topliss-reactive ketones (excluding diaryl/α,β-unsaturated/α-hetero) is 1. The molecule has 62 valence electrons. The maximum Gasteiger partial charge on any atom is 0.163 e. The first-order valence-electron chi connectivity index (χ1n) is 3.91. The third-order valence-corrected chi connectivity index (χ3v) is 2.24. The molecule has 3 nitrogen and oxygen atoms in total. The molecule has 1 aliphatic rings. The number of hydrogen-bond donors (Lipinski definition) is 1. The van der Waals surface area contributed by atoms with Gasteiger partial charge in [-0.2, -0.15) is 0 Å². The van der Waals surface area contributed by atoms with E-state index in [1.54, 1.807) is 18.5 Å². The summed E-state index contributed by atoms with van der Waals surface area (Å²) in [6, 6.07) is 1.72. The van der Waals surface area contributed by atoms with Crippen molar-refractivity contribution in [2.45, 2.75) is 12.3 Å². The maximum absolute atomic E-state index is 11.3. The zero-order valence-corrected chi connectivity index (χ0v) is 6.53. The van der Waals surface area contributed by atoms with Crippen molar-refractivity contribution in [3.05, 3.63) is 29.6 Å². The number of rotatable bonds is 1. The Balaban J connectivity index is 2.50. The number of carbonyl (C=O) groups excluding carboxylic acids is 1. The van der Waals surface area contributed by atoms with Gasteiger partial charge < -0.3 is 5.11 Å². The zero-order chi connectivity index (χ0) is 8.55. The summed E-state index contributed by atoms with van der Waals surface area (Å²) >= 11 is 0. The molecule has 1 aromatic heterocycles. The van der Waals surface area contributed by atoms with Crippen molar-refractivity contribution in [3.8, 4) is 0 Å². The van der Waals surface area contributed by atoms with E-state index in [4.69, 9.17) is 5.11 Å². The van der Waals surface area contributed by atoms with Crippen LogP contribution in [-0.2, 0) is 0 Å². The van der Waals surface area contributed by atoms with Crippen LogP contribution >= 0.6 is 0 Å². The normalized spacial score (nSPS) is 21.1. The van der Waals surface area contributed by atoms with Gasteiger partial charge >= 0.3 is 0 Å². The molecule has 1 N–H and O–H groups in total. The minimum Gasteiger partial charge on any atom is -0.396 e. The molecule has 0 saturated heterocycles. The van der Waals surface area contributed by atoms with Crippen LogP contribution in [0.5, 0.6) is 0 Å². The Hall–Kier alpha value is -1.22. The Morgan fingerprint density at radius 1 is 1.67 bits per heavy atom. The van der Waals surface area contributed by atoms with E-state index in [-0.39, 0.29) is 18.3 Å². The van der Waals surface area contributed by atoms with Gasteiger partial charge in [0.2, 0.25) is 0 Å². The molecule has 0 radical (unpaired) electrons. The van der Waals surface area contributed by atoms with Crippen LogP contribution in [0.25, 0.3) is 0 Å². The number of aliphatic hydroxyl groups excluding tert-OH is 1. The summed E-state index contributed by atoms with van der Waals surface area (Å²) in [6.07, 6.45) is 3.70. The second kappa shape index (κ2) is 2.68. The first-order valence-corrected chi connectivity index (χ1v) is 3.91. The van der Waals surface area contributed by atoms with Crippen LogP contribution in [0, 0.1) is 0 Å². The first-order chi connectivity index (χ1) is 5.83. The second-order valence-electron chi connectivity index (χ2n) is 2.97. The van der Waals surface area contributed by atoms with Gasteiger partial charge in [0.05, 0.1) is 6.61 Å². The lowest BCUT2D eigenvalue weighted by atomic mass is 10.1. The topological polar surface area (TPSA) is 50.2 Å². The smallest absolute Gasteiger partial charge is 0.163 e. The largest absolute Gasteiger partial charge is 0.396 e. The molecule has 1 atom stereocenters. The lowest BCUT2D eigenvalue weighted by Crippen LogP contribution is -1.99. The SMILES string of the molecule is O=C1C[C@@H](CO)c2cnccc21. The molecule has 3 heteroatoms. The van der Waals surface area contributed by atoms with Gasteiger partial charge in [-0.1, -0.05) is 0 Å². The van der Waals surface area contributed by atoms with Crippen molar-refractivity contribution in [1.29, 1.82) is 0 Å². The van der Waals surface area contributed by atoms with Crippen LogP contribution in [0.1, 0.15) is 28.3 Å². The molecule has 0 aromatic carbocycles. The van der Waals surface area contributed by atoms with Crippen molar-refractivity contribution < 1.29 is 9.90 Å². The summed E-state index contributed by atoms with van der Waals surface area (Å²) in [7, 11) is 0. The van der Waals surface area contributed by atoms with Crippen molar-refractivity contribution in [3.63, 3.8) is 0 Å². The van der Waals surface area contributed by atoms with Gasteiger partial charge in [-0.3, -0.25) is 9.78 Å². The quantitative estimate of drug-likeness (QED) is 0.664. The van der Waals surface area contributed by atoms with E-state index < -0.39 is 0 Å². The zero-order valence-electron chi connectivity index (χ0n) is 6.53. The van der Waals surface area contributed by atoms with E-state index in [9.17, 15) is 4.79 Å². The van der Waals surface area contributed by atoms with E-state index in [0.29, 0.717) is 6.42 Å². The number of ketones is 1. The highest BCUT2D eigenvalue weighted by Crippen LogP contribution is 2.31. The Kier molecular flexibility index (Phi) is 1.66. The molecule has 1 aromatic rings. The number of aromatic nitrogens is 1. The maximum atomic E-state index is 11.3. The molecule has 0 spiro atoms. The van der Waals surface area contributed by atoms with Gasteiger partial charge in [0, 0.05) is 30.3 Å². The number of aliphatic hydroxyl groups is 1. The fourth-order valence-electron chi connectivity index (χ4n) is 1.59. The summed E-state index contributed by atoms with van der Waals surface area (Å²) in [4.78, 5) is 15.2. The van der Waals surface area contributed by atoms with E-state index in [2.05, 4.69) is 4.98 Å². The molecule has 0 fully saturated rings. The average molecular weight is 163 g/mol. The van der Waals surface area contributed by atoms with Crippen LogP contribution in [0.4, 0.5) is 0 Å². The van der Waals surface area contributed by atoms with Crippen molar-refractivity contribution in [2.24, 2.45) is 0 Å².